The Hall–Kier alpha value is -2.22. The maximum atomic E-state index is 5.50. The number of piperazine rings is 1. The van der Waals surface area contributed by atoms with Crippen LogP contribution >= 0.6 is 12.4 Å². The Morgan fingerprint density at radius 2 is 2.00 bits per heavy atom. The van der Waals surface area contributed by atoms with Gasteiger partial charge in [0.25, 0.3) is 5.89 Å². The van der Waals surface area contributed by atoms with E-state index in [4.69, 9.17) is 4.52 Å². The van der Waals surface area contributed by atoms with E-state index in [1.165, 1.54) is 11.3 Å². The number of halogens is 1. The zero-order chi connectivity index (χ0) is 18.1. The van der Waals surface area contributed by atoms with Crippen LogP contribution in [0.25, 0.3) is 11.5 Å². The third-order valence-electron chi connectivity index (χ3n) is 4.89. The lowest BCUT2D eigenvalue weighted by Gasteiger charge is -2.30. The highest BCUT2D eigenvalue weighted by molar-refractivity contribution is 5.85. The summed E-state index contributed by atoms with van der Waals surface area (Å²) in [5.74, 6) is 1.30. The molecule has 1 aliphatic rings. The van der Waals surface area contributed by atoms with Gasteiger partial charge in [-0.1, -0.05) is 17.3 Å². The fourth-order valence-electron chi connectivity index (χ4n) is 3.34. The highest BCUT2D eigenvalue weighted by Crippen LogP contribution is 2.23. The molecule has 1 fully saturated rings. The molecule has 1 atom stereocenters. The topological polar surface area (TPSA) is 72.0 Å². The number of aryl methyl sites for hydroxylation is 2. The van der Waals surface area contributed by atoms with Gasteiger partial charge >= 0.3 is 0 Å². The summed E-state index contributed by atoms with van der Waals surface area (Å²) in [7, 11) is 2.09. The largest absolute Gasteiger partial charge is 0.334 e. The van der Waals surface area contributed by atoms with Crippen molar-refractivity contribution < 1.29 is 4.52 Å². The molecule has 3 heterocycles. The molecule has 1 N–H and O–H groups in total. The summed E-state index contributed by atoms with van der Waals surface area (Å²) in [6.45, 7) is 7.67. The van der Waals surface area contributed by atoms with E-state index in [-0.39, 0.29) is 18.4 Å². The summed E-state index contributed by atoms with van der Waals surface area (Å²) in [4.78, 5) is 6.86. The Kier molecular flexibility index (Phi) is 5.94. The zero-order valence-electron chi connectivity index (χ0n) is 15.8. The van der Waals surface area contributed by atoms with Crippen molar-refractivity contribution in [3.63, 3.8) is 0 Å². The summed E-state index contributed by atoms with van der Waals surface area (Å²) in [5.41, 5.74) is 4.33. The van der Waals surface area contributed by atoms with Crippen molar-refractivity contribution in [2.45, 2.75) is 26.4 Å². The third kappa shape index (κ3) is 4.21. The number of likely N-dealkylation sites (N-methyl/N-ethyl adjacent to an activating group) is 1. The van der Waals surface area contributed by atoms with Gasteiger partial charge in [0.15, 0.2) is 5.82 Å². The molecule has 0 aliphatic carbocycles. The van der Waals surface area contributed by atoms with Crippen LogP contribution < -0.4 is 5.32 Å². The van der Waals surface area contributed by atoms with Crippen LogP contribution in [0.4, 0.5) is 0 Å². The van der Waals surface area contributed by atoms with E-state index in [2.05, 4.69) is 57.6 Å². The molecule has 0 radical (unpaired) electrons. The minimum Gasteiger partial charge on any atom is -0.334 e. The van der Waals surface area contributed by atoms with Crippen molar-refractivity contribution in [2.24, 2.45) is 0 Å². The van der Waals surface area contributed by atoms with E-state index in [9.17, 15) is 0 Å². The van der Waals surface area contributed by atoms with Crippen molar-refractivity contribution in [1.82, 2.24) is 30.1 Å². The lowest BCUT2D eigenvalue weighted by atomic mass is 10.1. The van der Waals surface area contributed by atoms with Gasteiger partial charge in [0.1, 0.15) is 0 Å². The number of rotatable bonds is 4. The van der Waals surface area contributed by atoms with Gasteiger partial charge in [-0.3, -0.25) is 9.58 Å². The molecule has 27 heavy (non-hydrogen) atoms. The Morgan fingerprint density at radius 3 is 2.67 bits per heavy atom. The van der Waals surface area contributed by atoms with E-state index < -0.39 is 0 Å². The van der Waals surface area contributed by atoms with E-state index in [1.54, 1.807) is 0 Å². The molecule has 7 nitrogen and oxygen atoms in total. The summed E-state index contributed by atoms with van der Waals surface area (Å²) in [6.07, 6.45) is 0. The normalized spacial score (nSPS) is 17.7. The lowest BCUT2D eigenvalue weighted by Crippen LogP contribution is -2.44. The zero-order valence-corrected chi connectivity index (χ0v) is 16.7. The molecule has 3 aromatic rings. The molecule has 2 aromatic heterocycles. The fraction of sp³-hybridized carbons (Fsp3) is 0.421. The molecule has 1 aliphatic heterocycles. The van der Waals surface area contributed by atoms with Crippen molar-refractivity contribution in [3.8, 4) is 11.5 Å². The number of nitrogens with one attached hydrogen (secondary N) is 1. The van der Waals surface area contributed by atoms with Crippen LogP contribution in [-0.4, -0.2) is 51.5 Å². The maximum absolute atomic E-state index is 5.50. The number of hydrogen-bond donors (Lipinski definition) is 1. The molecule has 144 valence electrons. The second-order valence-corrected chi connectivity index (χ2v) is 6.94. The molecule has 8 heteroatoms. The van der Waals surface area contributed by atoms with E-state index in [1.807, 2.05) is 23.7 Å². The first-order chi connectivity index (χ1) is 12.6. The minimum atomic E-state index is 0. The number of hydrogen-bond acceptors (Lipinski definition) is 6. The molecule has 0 amide bonds. The molecular formula is C19H25ClN6O. The average Bonchev–Trinajstić information content (AvgIpc) is 3.23. The van der Waals surface area contributed by atoms with Crippen LogP contribution in [0.3, 0.4) is 0 Å². The van der Waals surface area contributed by atoms with Crippen LogP contribution in [0.5, 0.6) is 0 Å². The second-order valence-electron chi connectivity index (χ2n) is 6.94. The van der Waals surface area contributed by atoms with Gasteiger partial charge in [-0.15, -0.1) is 12.4 Å². The van der Waals surface area contributed by atoms with Gasteiger partial charge in [0.2, 0.25) is 0 Å². The van der Waals surface area contributed by atoms with Gasteiger partial charge in [-0.25, -0.2) is 0 Å². The van der Waals surface area contributed by atoms with E-state index in [0.29, 0.717) is 5.89 Å². The van der Waals surface area contributed by atoms with Crippen LogP contribution in [0, 0.1) is 13.8 Å². The smallest absolute Gasteiger partial charge is 0.257 e. The second kappa shape index (κ2) is 8.21. The Morgan fingerprint density at radius 1 is 1.22 bits per heavy atom. The Bertz CT molecular complexity index is 888. The van der Waals surface area contributed by atoms with Gasteiger partial charge in [0.05, 0.1) is 18.3 Å². The predicted octanol–water partition coefficient (Wildman–Crippen LogP) is 2.60. The van der Waals surface area contributed by atoms with E-state index in [0.717, 1.165) is 43.3 Å². The maximum Gasteiger partial charge on any atom is 0.257 e. The summed E-state index contributed by atoms with van der Waals surface area (Å²) in [5, 5.41) is 12.1. The van der Waals surface area contributed by atoms with Crippen LogP contribution in [-0.2, 0) is 6.54 Å². The Balaban J connectivity index is 0.00000210. The first kappa shape index (κ1) is 19.5. The molecule has 1 unspecified atom stereocenters. The number of aromatic nitrogens is 4. The summed E-state index contributed by atoms with van der Waals surface area (Å²) in [6, 6.07) is 10.5. The van der Waals surface area contributed by atoms with Crippen molar-refractivity contribution in [1.29, 1.82) is 0 Å². The van der Waals surface area contributed by atoms with Gasteiger partial charge in [0, 0.05) is 30.9 Å². The van der Waals surface area contributed by atoms with Gasteiger partial charge < -0.3 is 9.84 Å². The Labute approximate surface area is 165 Å². The monoisotopic (exact) mass is 388 g/mol. The van der Waals surface area contributed by atoms with Gasteiger partial charge in [-0.2, -0.15) is 10.1 Å². The van der Waals surface area contributed by atoms with Crippen LogP contribution in [0.15, 0.2) is 34.9 Å². The average molecular weight is 389 g/mol. The summed E-state index contributed by atoms with van der Waals surface area (Å²) < 4.78 is 7.51. The summed E-state index contributed by atoms with van der Waals surface area (Å²) >= 11 is 0. The van der Waals surface area contributed by atoms with Crippen molar-refractivity contribution in [2.75, 3.05) is 26.7 Å². The molecule has 1 saturated heterocycles. The van der Waals surface area contributed by atoms with Gasteiger partial charge in [-0.05, 0) is 44.7 Å². The molecule has 0 saturated carbocycles. The highest BCUT2D eigenvalue weighted by atomic mass is 35.5. The SMILES string of the molecule is Cc1cc(C)n(Cc2ccc(-c3nc(C4CNCCN4C)no3)cc2)n1.Cl. The lowest BCUT2D eigenvalue weighted by molar-refractivity contribution is 0.190. The fourth-order valence-corrected chi connectivity index (χ4v) is 3.34. The minimum absolute atomic E-state index is 0. The molecule has 4 rings (SSSR count). The molecule has 0 spiro atoms. The molecule has 0 bridgehead atoms. The predicted molar refractivity (Wildman–Crippen MR) is 106 cm³/mol. The quantitative estimate of drug-likeness (QED) is 0.740. The first-order valence-electron chi connectivity index (χ1n) is 8.95. The van der Waals surface area contributed by atoms with Crippen molar-refractivity contribution >= 4 is 12.4 Å². The highest BCUT2D eigenvalue weighted by Gasteiger charge is 2.25. The van der Waals surface area contributed by atoms with Crippen LogP contribution in [0.1, 0.15) is 28.8 Å². The van der Waals surface area contributed by atoms with E-state index >= 15 is 0 Å². The molecule has 1 aromatic carbocycles. The third-order valence-corrected chi connectivity index (χ3v) is 4.89. The number of nitrogens with zero attached hydrogens (tertiary/aromatic N) is 5. The van der Waals surface area contributed by atoms with Crippen LogP contribution in [0.2, 0.25) is 0 Å². The number of benzene rings is 1. The first-order valence-corrected chi connectivity index (χ1v) is 8.95. The standard InChI is InChI=1S/C19H24N6O.ClH/c1-13-10-14(2)25(22-13)12-15-4-6-16(7-5-15)19-21-18(23-26-19)17-11-20-8-9-24(17)3;/h4-7,10,17,20H,8-9,11-12H2,1-3H3;1H. The molecular weight excluding hydrogens is 364 g/mol. The van der Waals surface area contributed by atoms with Crippen molar-refractivity contribution in [3.05, 3.63) is 53.1 Å².